The molecule has 0 saturated carbocycles. The Morgan fingerprint density at radius 1 is 0.355 bits per heavy atom. The minimum Gasteiger partial charge on any atom is -0.462 e. The summed E-state index contributed by atoms with van der Waals surface area (Å²) in [5.41, 5.74) is 0. The number of esters is 4. The number of phosphoric acid groups is 2. The molecule has 0 amide bonds. The number of allylic oxidation sites excluding steroid dienone is 4. The van der Waals surface area contributed by atoms with E-state index >= 15 is 0 Å². The smallest absolute Gasteiger partial charge is 0.462 e. The molecule has 93 heavy (non-hydrogen) atoms. The Morgan fingerprint density at radius 3 is 0.957 bits per heavy atom. The Kier molecular flexibility index (Phi) is 62.5. The number of hydrogen-bond donors (Lipinski definition) is 3. The molecule has 0 saturated heterocycles. The maximum Gasteiger partial charge on any atom is 0.472 e. The molecule has 6 atom stereocenters. The van der Waals surface area contributed by atoms with E-state index in [2.05, 4.69) is 72.8 Å². The zero-order valence-corrected chi connectivity index (χ0v) is 62.0. The molecule has 0 aromatic carbocycles. The fourth-order valence-corrected chi connectivity index (χ4v) is 12.3. The number of carbonyl (C=O) groups excluding carboxylic acids is 4. The van der Waals surface area contributed by atoms with Crippen LogP contribution in [0.1, 0.15) is 350 Å². The summed E-state index contributed by atoms with van der Waals surface area (Å²) in [7, 11) is -9.92. The van der Waals surface area contributed by atoms with Crippen molar-refractivity contribution in [3.05, 3.63) is 24.3 Å². The molecular formula is C74H140O17P2. The van der Waals surface area contributed by atoms with E-state index < -0.39 is 97.5 Å². The summed E-state index contributed by atoms with van der Waals surface area (Å²) in [6.45, 7) is 11.8. The van der Waals surface area contributed by atoms with Gasteiger partial charge in [0.1, 0.15) is 19.3 Å². The first-order valence-corrected chi connectivity index (χ1v) is 40.7. The molecule has 548 valence electrons. The molecule has 0 aliphatic carbocycles. The number of aliphatic hydroxyl groups is 1. The van der Waals surface area contributed by atoms with Crippen LogP contribution in [0.2, 0.25) is 0 Å². The average Bonchev–Trinajstić information content (AvgIpc) is 3.39. The van der Waals surface area contributed by atoms with E-state index in [4.69, 9.17) is 37.0 Å². The van der Waals surface area contributed by atoms with E-state index in [0.717, 1.165) is 127 Å². The third-order valence-electron chi connectivity index (χ3n) is 16.9. The monoisotopic (exact) mass is 1360 g/mol. The van der Waals surface area contributed by atoms with Crippen LogP contribution in [0, 0.1) is 17.8 Å². The first-order chi connectivity index (χ1) is 44.8. The number of aliphatic hydroxyl groups excluding tert-OH is 1. The third kappa shape index (κ3) is 66.6. The summed E-state index contributed by atoms with van der Waals surface area (Å²) in [4.78, 5) is 72.7. The number of carbonyl (C=O) groups is 4. The molecule has 3 N–H and O–H groups in total. The number of rotatable bonds is 70. The van der Waals surface area contributed by atoms with Crippen molar-refractivity contribution in [3.8, 4) is 0 Å². The maximum atomic E-state index is 13.1. The van der Waals surface area contributed by atoms with Crippen molar-refractivity contribution in [2.24, 2.45) is 17.8 Å². The normalized spacial score (nSPS) is 14.6. The number of phosphoric ester groups is 2. The Bertz CT molecular complexity index is 1910. The van der Waals surface area contributed by atoms with E-state index in [1.165, 1.54) is 141 Å². The van der Waals surface area contributed by atoms with E-state index in [1.54, 1.807) is 0 Å². The molecule has 0 aliphatic heterocycles. The van der Waals surface area contributed by atoms with Crippen LogP contribution in [0.15, 0.2) is 24.3 Å². The van der Waals surface area contributed by atoms with Crippen molar-refractivity contribution in [2.45, 2.75) is 369 Å². The van der Waals surface area contributed by atoms with Gasteiger partial charge in [-0.3, -0.25) is 37.3 Å². The summed E-state index contributed by atoms with van der Waals surface area (Å²) in [6, 6.07) is 0. The number of ether oxygens (including phenoxy) is 4. The lowest BCUT2D eigenvalue weighted by molar-refractivity contribution is -0.161. The van der Waals surface area contributed by atoms with E-state index in [1.807, 2.05) is 0 Å². The summed E-state index contributed by atoms with van der Waals surface area (Å²) in [6.07, 6.45) is 52.1. The molecule has 0 aliphatic rings. The predicted molar refractivity (Wildman–Crippen MR) is 377 cm³/mol. The van der Waals surface area contributed by atoms with Gasteiger partial charge in [0.05, 0.1) is 26.4 Å². The third-order valence-corrected chi connectivity index (χ3v) is 18.8. The van der Waals surface area contributed by atoms with Crippen LogP contribution in [0.5, 0.6) is 0 Å². The van der Waals surface area contributed by atoms with Crippen molar-refractivity contribution >= 4 is 39.5 Å². The molecule has 3 unspecified atom stereocenters. The van der Waals surface area contributed by atoms with Crippen molar-refractivity contribution in [3.63, 3.8) is 0 Å². The van der Waals surface area contributed by atoms with E-state index in [9.17, 15) is 43.2 Å². The SMILES string of the molecule is CCCCCC/C=C\C=C/CCCCCCCC(=O)O[C@H](COC(=O)CCCCCCCCC(C)CC)COP(=O)(O)OC[C@H](O)COP(=O)(O)OC[C@@H](COC(=O)CCCCCCCCCCCCCCC(C)C)OC(=O)CCCCCCCCCCCCC(C)C. The largest absolute Gasteiger partial charge is 0.472 e. The lowest BCUT2D eigenvalue weighted by Crippen LogP contribution is -2.30. The molecule has 0 aromatic heterocycles. The Morgan fingerprint density at radius 2 is 0.634 bits per heavy atom. The van der Waals surface area contributed by atoms with Crippen molar-refractivity contribution < 1.29 is 80.2 Å². The van der Waals surface area contributed by atoms with Crippen LogP contribution < -0.4 is 0 Å². The van der Waals surface area contributed by atoms with Crippen LogP contribution in [-0.4, -0.2) is 96.7 Å². The second-order valence-corrected chi connectivity index (χ2v) is 30.1. The molecule has 0 aromatic rings. The van der Waals surface area contributed by atoms with Gasteiger partial charge in [-0.2, -0.15) is 0 Å². The highest BCUT2D eigenvalue weighted by molar-refractivity contribution is 7.47. The Balaban J connectivity index is 5.29. The van der Waals surface area contributed by atoms with Gasteiger partial charge in [-0.05, 0) is 69.1 Å². The lowest BCUT2D eigenvalue weighted by Gasteiger charge is -2.21. The van der Waals surface area contributed by atoms with Crippen LogP contribution in [0.4, 0.5) is 0 Å². The zero-order chi connectivity index (χ0) is 68.7. The number of hydrogen-bond acceptors (Lipinski definition) is 15. The van der Waals surface area contributed by atoms with Gasteiger partial charge in [0.25, 0.3) is 0 Å². The minimum atomic E-state index is -4.96. The van der Waals surface area contributed by atoms with E-state index in [0.29, 0.717) is 25.7 Å². The molecule has 0 fully saturated rings. The molecule has 19 heteroatoms. The van der Waals surface area contributed by atoms with E-state index in [-0.39, 0.29) is 25.7 Å². The highest BCUT2D eigenvalue weighted by atomic mass is 31.2. The Hall–Kier alpha value is -2.46. The Labute approximate surface area is 567 Å². The van der Waals surface area contributed by atoms with Crippen LogP contribution in [-0.2, 0) is 65.4 Å². The van der Waals surface area contributed by atoms with Gasteiger partial charge in [-0.15, -0.1) is 0 Å². The first-order valence-electron chi connectivity index (χ1n) is 37.7. The van der Waals surface area contributed by atoms with Gasteiger partial charge >= 0.3 is 39.5 Å². The lowest BCUT2D eigenvalue weighted by atomic mass is 10.00. The first kappa shape index (κ1) is 90.5. The molecule has 0 rings (SSSR count). The van der Waals surface area contributed by atoms with Crippen molar-refractivity contribution in [1.29, 1.82) is 0 Å². The summed E-state index contributed by atoms with van der Waals surface area (Å²) >= 11 is 0. The topological polar surface area (TPSA) is 237 Å². The van der Waals surface area contributed by atoms with Gasteiger partial charge in [0, 0.05) is 25.7 Å². The van der Waals surface area contributed by atoms with Crippen molar-refractivity contribution in [2.75, 3.05) is 39.6 Å². The number of unbranched alkanes of at least 4 members (excludes halogenated alkanes) is 34. The predicted octanol–water partition coefficient (Wildman–Crippen LogP) is 21.0. The molecule has 0 radical (unpaired) electrons. The van der Waals surface area contributed by atoms with Crippen LogP contribution in [0.25, 0.3) is 0 Å². The summed E-state index contributed by atoms with van der Waals surface area (Å²) in [5, 5.41) is 10.6. The highest BCUT2D eigenvalue weighted by Crippen LogP contribution is 2.45. The molecule has 17 nitrogen and oxygen atoms in total. The van der Waals surface area contributed by atoms with Crippen LogP contribution >= 0.6 is 15.6 Å². The zero-order valence-electron chi connectivity index (χ0n) is 60.2. The van der Waals surface area contributed by atoms with Crippen molar-refractivity contribution in [1.82, 2.24) is 0 Å². The van der Waals surface area contributed by atoms with Crippen LogP contribution in [0.3, 0.4) is 0 Å². The fourth-order valence-electron chi connectivity index (χ4n) is 10.7. The molecule has 0 spiro atoms. The van der Waals surface area contributed by atoms with Gasteiger partial charge in [0.2, 0.25) is 0 Å². The van der Waals surface area contributed by atoms with Gasteiger partial charge < -0.3 is 33.8 Å². The molecule has 0 bridgehead atoms. The second kappa shape index (κ2) is 64.2. The average molecular weight is 1360 g/mol. The van der Waals surface area contributed by atoms with Gasteiger partial charge in [-0.1, -0.05) is 297 Å². The maximum absolute atomic E-state index is 13.1. The molecule has 0 heterocycles. The summed E-state index contributed by atoms with van der Waals surface area (Å²) < 4.78 is 68.4. The fraction of sp³-hybridized carbons (Fsp3) is 0.892. The second-order valence-electron chi connectivity index (χ2n) is 27.2. The van der Waals surface area contributed by atoms with Gasteiger partial charge in [-0.25, -0.2) is 9.13 Å². The highest BCUT2D eigenvalue weighted by Gasteiger charge is 2.30. The quantitative estimate of drug-likeness (QED) is 0.0169. The standard InChI is InChI=1S/C74H140O17P2/c1-8-10-11-12-13-14-15-16-17-18-23-29-34-43-50-57-73(78)91-70(62-85-72(77)56-49-42-37-36-40-47-54-67(7)9-2)64-89-93(82,83)87-60-68(75)59-86-92(80,81)88-63-69(90-74(79)58-51-44-35-30-25-24-27-32-39-46-53-66(5)6)61-84-71(76)55-48-41-33-28-22-20-19-21-26-31-38-45-52-65(3)4/h14-17,65-70,75H,8-13,18-64H2,1-7H3,(H,80,81)(H,82,83)/b15-14-,17-16-/t67?,68-,69-,70-/m1/s1. The summed E-state index contributed by atoms with van der Waals surface area (Å²) in [5.74, 6) is 0.106. The minimum absolute atomic E-state index is 0.0838. The molecular weight excluding hydrogens is 1220 g/mol. The van der Waals surface area contributed by atoms with Gasteiger partial charge in [0.15, 0.2) is 12.2 Å².